The van der Waals surface area contributed by atoms with E-state index in [1.165, 1.54) is 6.26 Å². The number of rotatable bonds is 6. The summed E-state index contributed by atoms with van der Waals surface area (Å²) in [6.07, 6.45) is 4.22. The van der Waals surface area contributed by atoms with Crippen LogP contribution in [-0.2, 0) is 4.79 Å². The highest BCUT2D eigenvalue weighted by atomic mass is 35.5. The molecular weight excluding hydrogens is 492 g/mol. The summed E-state index contributed by atoms with van der Waals surface area (Å²) in [6.45, 7) is 2.94. The summed E-state index contributed by atoms with van der Waals surface area (Å²) in [4.78, 5) is 28.6. The number of likely N-dealkylation sites (tertiary alicyclic amines) is 2. The van der Waals surface area contributed by atoms with Crippen LogP contribution in [0.15, 0.2) is 34.9 Å². The van der Waals surface area contributed by atoms with Crippen molar-refractivity contribution in [3.63, 3.8) is 0 Å². The van der Waals surface area contributed by atoms with E-state index in [9.17, 15) is 9.59 Å². The quantitative estimate of drug-likeness (QED) is 0.560. The maximum atomic E-state index is 12.6. The molecule has 0 aliphatic carbocycles. The molecule has 1 aromatic carbocycles. The second kappa shape index (κ2) is 10.7. The number of piperidine rings is 1. The second-order valence-electron chi connectivity index (χ2n) is 8.83. The number of benzene rings is 1. The number of carbonyl (C=O) groups is 2. The third-order valence-electron chi connectivity index (χ3n) is 6.76. The highest BCUT2D eigenvalue weighted by molar-refractivity contribution is 7.80. The zero-order valence-corrected chi connectivity index (χ0v) is 21.3. The Morgan fingerprint density at radius 1 is 1.11 bits per heavy atom. The molecule has 2 aromatic rings. The first-order chi connectivity index (χ1) is 16.8. The number of amides is 2. The van der Waals surface area contributed by atoms with Crippen LogP contribution < -0.4 is 20.1 Å². The normalized spacial score (nSPS) is 16.8. The van der Waals surface area contributed by atoms with E-state index < -0.39 is 0 Å². The number of thiocarbonyl (C=S) groups is 1. The highest BCUT2D eigenvalue weighted by Crippen LogP contribution is 2.41. The second-order valence-corrected chi connectivity index (χ2v) is 9.62. The van der Waals surface area contributed by atoms with Crippen molar-refractivity contribution in [2.45, 2.75) is 19.3 Å². The molecule has 0 unspecified atom stereocenters. The molecule has 2 amide bonds. The Morgan fingerprint density at radius 3 is 2.43 bits per heavy atom. The molecule has 9 nitrogen and oxygen atoms in total. The van der Waals surface area contributed by atoms with E-state index in [0.717, 1.165) is 32.4 Å². The molecule has 0 atom stereocenters. The molecule has 4 rings (SSSR count). The van der Waals surface area contributed by atoms with Crippen molar-refractivity contribution >= 4 is 46.4 Å². The number of nitrogens with one attached hydrogen (secondary N) is 2. The minimum atomic E-state index is -0.390. The summed E-state index contributed by atoms with van der Waals surface area (Å²) in [6, 6.07) is 6.67. The Bertz CT molecular complexity index is 1090. The average Bonchev–Trinajstić information content (AvgIpc) is 3.55. The van der Waals surface area contributed by atoms with E-state index in [4.69, 9.17) is 37.7 Å². The molecule has 0 saturated carbocycles. The van der Waals surface area contributed by atoms with Gasteiger partial charge in [-0.2, -0.15) is 0 Å². The van der Waals surface area contributed by atoms with E-state index in [2.05, 4.69) is 15.5 Å². The number of hydrogen-bond donors (Lipinski definition) is 2. The lowest BCUT2D eigenvalue weighted by Crippen LogP contribution is -2.47. The molecule has 3 heterocycles. The van der Waals surface area contributed by atoms with Crippen LogP contribution in [0.1, 0.15) is 29.8 Å². The molecule has 1 aromatic heterocycles. The first-order valence-electron chi connectivity index (χ1n) is 11.4. The third-order valence-corrected chi connectivity index (χ3v) is 7.42. The number of anilines is 1. The number of nitrogens with zero attached hydrogens (tertiary/aromatic N) is 2. The van der Waals surface area contributed by atoms with Gasteiger partial charge in [0.1, 0.15) is 11.5 Å². The zero-order chi connectivity index (χ0) is 25.0. The van der Waals surface area contributed by atoms with Gasteiger partial charge in [0.15, 0.2) is 10.9 Å². The maximum Gasteiger partial charge on any atom is 0.287 e. The highest BCUT2D eigenvalue weighted by Gasteiger charge is 2.42. The van der Waals surface area contributed by atoms with Gasteiger partial charge in [-0.05, 0) is 49.0 Å². The van der Waals surface area contributed by atoms with E-state index in [1.807, 2.05) is 4.90 Å². The monoisotopic (exact) mass is 520 g/mol. The van der Waals surface area contributed by atoms with Crippen molar-refractivity contribution in [1.29, 1.82) is 0 Å². The van der Waals surface area contributed by atoms with Crippen molar-refractivity contribution in [3.8, 4) is 11.5 Å². The van der Waals surface area contributed by atoms with Crippen molar-refractivity contribution in [1.82, 2.24) is 15.1 Å². The van der Waals surface area contributed by atoms with Gasteiger partial charge in [-0.1, -0.05) is 11.6 Å². The molecule has 35 heavy (non-hydrogen) atoms. The first-order valence-corrected chi connectivity index (χ1v) is 12.2. The lowest BCUT2D eigenvalue weighted by atomic mass is 9.78. The van der Waals surface area contributed by atoms with Crippen molar-refractivity contribution < 1.29 is 23.5 Å². The van der Waals surface area contributed by atoms with Crippen LogP contribution in [0, 0.1) is 5.41 Å². The SMILES string of the molecule is COc1cc(NC(=S)N2CCC3(CCN(C(=O)CNC(=O)c4ccco4)CC3)C2)c(OC)cc1Cl. The van der Waals surface area contributed by atoms with Gasteiger partial charge in [0, 0.05) is 38.3 Å². The maximum absolute atomic E-state index is 12.6. The van der Waals surface area contributed by atoms with Crippen LogP contribution in [0.2, 0.25) is 5.02 Å². The fraction of sp³-hybridized carbons (Fsp3) is 0.458. The van der Waals surface area contributed by atoms with Gasteiger partial charge in [-0.3, -0.25) is 9.59 Å². The summed E-state index contributed by atoms with van der Waals surface area (Å²) in [5, 5.41) is 6.97. The molecule has 11 heteroatoms. The Kier molecular flexibility index (Phi) is 7.71. The van der Waals surface area contributed by atoms with Gasteiger partial charge in [-0.15, -0.1) is 0 Å². The number of methoxy groups -OCH3 is 2. The summed E-state index contributed by atoms with van der Waals surface area (Å²) >= 11 is 11.9. The number of ether oxygens (including phenoxy) is 2. The minimum Gasteiger partial charge on any atom is -0.495 e. The fourth-order valence-corrected chi connectivity index (χ4v) is 5.16. The van der Waals surface area contributed by atoms with E-state index in [-0.39, 0.29) is 29.5 Å². The Hall–Kier alpha value is -2.98. The molecular formula is C24H29ClN4O5S. The molecule has 1 spiro atoms. The number of halogens is 1. The molecule has 2 N–H and O–H groups in total. The summed E-state index contributed by atoms with van der Waals surface area (Å²) in [7, 11) is 3.14. The molecule has 2 aliphatic rings. The Morgan fingerprint density at radius 2 is 1.80 bits per heavy atom. The van der Waals surface area contributed by atoms with Crippen LogP contribution >= 0.6 is 23.8 Å². The average molecular weight is 521 g/mol. The molecule has 2 fully saturated rings. The smallest absolute Gasteiger partial charge is 0.287 e. The number of carbonyl (C=O) groups excluding carboxylic acids is 2. The topological polar surface area (TPSA) is 96.3 Å². The predicted molar refractivity (Wildman–Crippen MR) is 136 cm³/mol. The Balaban J connectivity index is 1.28. The fourth-order valence-electron chi connectivity index (χ4n) is 4.66. The van der Waals surface area contributed by atoms with Crippen LogP contribution in [0.3, 0.4) is 0 Å². The zero-order valence-electron chi connectivity index (χ0n) is 19.8. The van der Waals surface area contributed by atoms with Crippen molar-refractivity contribution in [2.24, 2.45) is 5.41 Å². The lowest BCUT2D eigenvalue weighted by molar-refractivity contribution is -0.132. The summed E-state index contributed by atoms with van der Waals surface area (Å²) in [5.74, 6) is 0.835. The van der Waals surface area contributed by atoms with E-state index >= 15 is 0 Å². The number of hydrogen-bond acceptors (Lipinski definition) is 6. The molecule has 2 aliphatic heterocycles. The van der Waals surface area contributed by atoms with Gasteiger partial charge < -0.3 is 34.3 Å². The third kappa shape index (κ3) is 5.65. The van der Waals surface area contributed by atoms with Gasteiger partial charge in [0.25, 0.3) is 5.91 Å². The largest absolute Gasteiger partial charge is 0.495 e. The lowest BCUT2D eigenvalue weighted by Gasteiger charge is -2.39. The Labute approximate surface area is 214 Å². The molecule has 0 bridgehead atoms. The van der Waals surface area contributed by atoms with Crippen LogP contribution in [0.5, 0.6) is 11.5 Å². The van der Waals surface area contributed by atoms with Crippen LogP contribution in [-0.4, -0.2) is 73.7 Å². The van der Waals surface area contributed by atoms with Gasteiger partial charge in [0.2, 0.25) is 5.91 Å². The van der Waals surface area contributed by atoms with E-state index in [0.29, 0.717) is 40.4 Å². The van der Waals surface area contributed by atoms with Gasteiger partial charge in [-0.25, -0.2) is 0 Å². The van der Waals surface area contributed by atoms with Gasteiger partial charge >= 0.3 is 0 Å². The summed E-state index contributed by atoms with van der Waals surface area (Å²) in [5.41, 5.74) is 0.804. The van der Waals surface area contributed by atoms with Gasteiger partial charge in [0.05, 0.1) is 37.7 Å². The molecule has 0 radical (unpaired) electrons. The van der Waals surface area contributed by atoms with Crippen molar-refractivity contribution in [2.75, 3.05) is 52.3 Å². The van der Waals surface area contributed by atoms with Crippen molar-refractivity contribution in [3.05, 3.63) is 41.3 Å². The minimum absolute atomic E-state index is 0.0426. The molecule has 2 saturated heterocycles. The predicted octanol–water partition coefficient (Wildman–Crippen LogP) is 3.39. The molecule has 188 valence electrons. The van der Waals surface area contributed by atoms with E-state index in [1.54, 1.807) is 38.5 Å². The van der Waals surface area contributed by atoms with Crippen LogP contribution in [0.25, 0.3) is 0 Å². The number of furan rings is 1. The standard InChI is InChI=1S/C24H29ClN4O5S/c1-32-19-13-17(20(33-2)12-16(19)25)27-23(35)29-10-7-24(15-29)5-8-28(9-6-24)21(30)14-26-22(31)18-4-3-11-34-18/h3-4,11-13H,5-10,14-15H2,1-2H3,(H,26,31)(H,27,35). The van der Waals surface area contributed by atoms with Crippen LogP contribution in [0.4, 0.5) is 5.69 Å². The first kappa shape index (κ1) is 25.1. The summed E-state index contributed by atoms with van der Waals surface area (Å²) < 4.78 is 15.8.